The van der Waals surface area contributed by atoms with E-state index in [1.165, 1.54) is 12.8 Å². The molecule has 2 fully saturated rings. The summed E-state index contributed by atoms with van der Waals surface area (Å²) in [5.74, 6) is 6.02. The molecule has 2 saturated carbocycles. The van der Waals surface area contributed by atoms with Crippen LogP contribution in [-0.2, 0) is 0 Å². The number of allylic oxidation sites excluding steroid dienone is 4. The SMILES string of the molecule is C1=CC2CC3C=CC4CC1C2C43. The molecule has 0 nitrogen and oxygen atoms in total. The van der Waals surface area contributed by atoms with Crippen molar-refractivity contribution in [3.05, 3.63) is 24.3 Å². The molecule has 0 radical (unpaired) electrons. The molecule has 0 aliphatic heterocycles. The molecule has 0 aromatic carbocycles. The second-order valence-corrected chi connectivity index (χ2v) is 5.05. The third-order valence-corrected chi connectivity index (χ3v) is 4.72. The van der Waals surface area contributed by atoms with Crippen molar-refractivity contribution in [1.29, 1.82) is 0 Å². The minimum atomic E-state index is 0.972. The van der Waals surface area contributed by atoms with Crippen molar-refractivity contribution in [2.24, 2.45) is 35.5 Å². The smallest absolute Gasteiger partial charge is 0.0191 e. The van der Waals surface area contributed by atoms with Gasteiger partial charge in [-0.2, -0.15) is 0 Å². The van der Waals surface area contributed by atoms with E-state index in [1.807, 2.05) is 0 Å². The van der Waals surface area contributed by atoms with Gasteiger partial charge in [0.05, 0.1) is 0 Å². The largest absolute Gasteiger partial charge is 0.0848 e. The number of rotatable bonds is 0. The highest BCUT2D eigenvalue weighted by molar-refractivity contribution is 5.25. The van der Waals surface area contributed by atoms with Gasteiger partial charge in [0.1, 0.15) is 0 Å². The molecule has 0 N–H and O–H groups in total. The minimum Gasteiger partial charge on any atom is -0.0848 e. The van der Waals surface area contributed by atoms with Gasteiger partial charge in [0.15, 0.2) is 0 Å². The second kappa shape index (κ2) is 1.71. The van der Waals surface area contributed by atoms with Crippen LogP contribution in [0, 0.1) is 35.5 Å². The van der Waals surface area contributed by atoms with Gasteiger partial charge >= 0.3 is 0 Å². The molecule has 62 valence electrons. The standard InChI is InChI=1S/C12H14/c1-2-8-6-10-4-3-9-5-7(1)11(8)12(9)10/h1-4,7-12H,5-6H2. The lowest BCUT2D eigenvalue weighted by Crippen LogP contribution is -2.12. The van der Waals surface area contributed by atoms with Crippen LogP contribution < -0.4 is 0 Å². The topological polar surface area (TPSA) is 0 Å². The van der Waals surface area contributed by atoms with E-state index in [1.54, 1.807) is 0 Å². The molecule has 4 unspecified atom stereocenters. The van der Waals surface area contributed by atoms with Gasteiger partial charge in [-0.3, -0.25) is 0 Å². The Hall–Kier alpha value is -0.520. The summed E-state index contributed by atoms with van der Waals surface area (Å²) >= 11 is 0. The second-order valence-electron chi connectivity index (χ2n) is 5.05. The highest BCUT2D eigenvalue weighted by Crippen LogP contribution is 2.62. The molecule has 12 heavy (non-hydrogen) atoms. The Bertz CT molecular complexity index is 232. The maximum atomic E-state index is 2.51. The van der Waals surface area contributed by atoms with Crippen molar-refractivity contribution in [1.82, 2.24) is 0 Å². The van der Waals surface area contributed by atoms with E-state index in [9.17, 15) is 0 Å². The van der Waals surface area contributed by atoms with E-state index < -0.39 is 0 Å². The van der Waals surface area contributed by atoms with Crippen LogP contribution in [0.1, 0.15) is 12.8 Å². The van der Waals surface area contributed by atoms with Crippen LogP contribution in [0.2, 0.25) is 0 Å². The maximum Gasteiger partial charge on any atom is -0.0191 e. The molecule has 0 heteroatoms. The van der Waals surface area contributed by atoms with Crippen molar-refractivity contribution >= 4 is 0 Å². The fourth-order valence-electron chi connectivity index (χ4n) is 4.43. The van der Waals surface area contributed by atoms with E-state index in [0.29, 0.717) is 0 Å². The quantitative estimate of drug-likeness (QED) is 0.475. The summed E-state index contributed by atoms with van der Waals surface area (Å²) in [6.07, 6.45) is 13.0. The van der Waals surface area contributed by atoms with E-state index >= 15 is 0 Å². The predicted molar refractivity (Wildman–Crippen MR) is 48.5 cm³/mol. The molecule has 4 aliphatic rings. The van der Waals surface area contributed by atoms with Gasteiger partial charge in [0.2, 0.25) is 0 Å². The van der Waals surface area contributed by atoms with Gasteiger partial charge < -0.3 is 0 Å². The van der Waals surface area contributed by atoms with Crippen LogP contribution in [0.25, 0.3) is 0 Å². The van der Waals surface area contributed by atoms with Crippen molar-refractivity contribution < 1.29 is 0 Å². The Morgan fingerprint density at radius 2 is 0.917 bits per heavy atom. The zero-order chi connectivity index (χ0) is 7.71. The first kappa shape index (κ1) is 6.01. The van der Waals surface area contributed by atoms with Gasteiger partial charge in [-0.15, -0.1) is 0 Å². The molecule has 0 spiro atoms. The van der Waals surface area contributed by atoms with E-state index in [0.717, 1.165) is 35.5 Å². The Kier molecular flexibility index (Phi) is 0.856. The van der Waals surface area contributed by atoms with E-state index in [2.05, 4.69) is 24.3 Å². The lowest BCUT2D eigenvalue weighted by atomic mass is 9.88. The maximum absolute atomic E-state index is 2.51. The highest BCUT2D eigenvalue weighted by atomic mass is 14.6. The minimum absolute atomic E-state index is 0.972. The van der Waals surface area contributed by atoms with Crippen LogP contribution in [0.15, 0.2) is 24.3 Å². The molecular formula is C12H14. The van der Waals surface area contributed by atoms with Crippen molar-refractivity contribution in [2.75, 3.05) is 0 Å². The van der Waals surface area contributed by atoms with Crippen LogP contribution in [-0.4, -0.2) is 0 Å². The van der Waals surface area contributed by atoms with Gasteiger partial charge in [-0.1, -0.05) is 24.3 Å². The highest BCUT2D eigenvalue weighted by Gasteiger charge is 2.55. The third kappa shape index (κ3) is 0.485. The Balaban J connectivity index is 1.88. The normalized spacial score (nSPS) is 63.3. The van der Waals surface area contributed by atoms with Gasteiger partial charge in [-0.05, 0) is 48.3 Å². The monoisotopic (exact) mass is 158 g/mol. The van der Waals surface area contributed by atoms with Crippen molar-refractivity contribution in [3.8, 4) is 0 Å². The fraction of sp³-hybridized carbons (Fsp3) is 0.667. The summed E-state index contributed by atoms with van der Waals surface area (Å²) in [4.78, 5) is 0. The fourth-order valence-corrected chi connectivity index (χ4v) is 4.43. The van der Waals surface area contributed by atoms with E-state index in [-0.39, 0.29) is 0 Å². The lowest BCUT2D eigenvalue weighted by molar-refractivity contribution is 0.343. The zero-order valence-corrected chi connectivity index (χ0v) is 7.19. The van der Waals surface area contributed by atoms with Crippen LogP contribution >= 0.6 is 0 Å². The lowest BCUT2D eigenvalue weighted by Gasteiger charge is -2.15. The molecule has 0 saturated heterocycles. The van der Waals surface area contributed by atoms with Crippen molar-refractivity contribution in [2.45, 2.75) is 12.8 Å². The van der Waals surface area contributed by atoms with Crippen LogP contribution in [0.3, 0.4) is 0 Å². The molecule has 4 rings (SSSR count). The van der Waals surface area contributed by atoms with E-state index in [4.69, 9.17) is 0 Å². The molecule has 4 aliphatic carbocycles. The Labute approximate surface area is 73.4 Å². The molecule has 4 atom stereocenters. The molecule has 0 aromatic rings. The first-order valence-corrected chi connectivity index (χ1v) is 5.30. The molecule has 0 amide bonds. The first-order chi connectivity index (χ1) is 5.93. The van der Waals surface area contributed by atoms with Crippen LogP contribution in [0.5, 0.6) is 0 Å². The average molecular weight is 158 g/mol. The van der Waals surface area contributed by atoms with Crippen LogP contribution in [0.4, 0.5) is 0 Å². The summed E-state index contributed by atoms with van der Waals surface area (Å²) in [6.45, 7) is 0. The summed E-state index contributed by atoms with van der Waals surface area (Å²) in [5, 5.41) is 0. The summed E-state index contributed by atoms with van der Waals surface area (Å²) in [7, 11) is 0. The van der Waals surface area contributed by atoms with Gasteiger partial charge in [-0.25, -0.2) is 0 Å². The predicted octanol–water partition coefficient (Wildman–Crippen LogP) is 2.63. The zero-order valence-electron chi connectivity index (χ0n) is 7.19. The molecule has 0 heterocycles. The molecule has 0 aromatic heterocycles. The Morgan fingerprint density at radius 1 is 0.583 bits per heavy atom. The third-order valence-electron chi connectivity index (χ3n) is 4.72. The number of hydrogen-bond acceptors (Lipinski definition) is 0. The first-order valence-electron chi connectivity index (χ1n) is 5.30. The van der Waals surface area contributed by atoms with Gasteiger partial charge in [0.25, 0.3) is 0 Å². The Morgan fingerprint density at radius 3 is 1.25 bits per heavy atom. The average Bonchev–Trinajstić information content (AvgIpc) is 2.71. The number of hydrogen-bond donors (Lipinski definition) is 0. The molecule has 0 bridgehead atoms. The summed E-state index contributed by atoms with van der Waals surface area (Å²) < 4.78 is 0. The summed E-state index contributed by atoms with van der Waals surface area (Å²) in [5.41, 5.74) is 0. The van der Waals surface area contributed by atoms with Gasteiger partial charge in [0, 0.05) is 0 Å². The van der Waals surface area contributed by atoms with Crippen molar-refractivity contribution in [3.63, 3.8) is 0 Å². The molecular weight excluding hydrogens is 144 g/mol. The summed E-state index contributed by atoms with van der Waals surface area (Å²) in [6, 6.07) is 0.